The smallest absolute Gasteiger partial charge is 0.338 e. The van der Waals surface area contributed by atoms with E-state index >= 15 is 0 Å². The zero-order valence-electron chi connectivity index (χ0n) is 12.5. The summed E-state index contributed by atoms with van der Waals surface area (Å²) in [5.41, 5.74) is 4.88. The number of hydrogen-bond acceptors (Lipinski definition) is 4. The van der Waals surface area contributed by atoms with Crippen LogP contribution in [-0.4, -0.2) is 26.2 Å². The molecule has 0 radical (unpaired) electrons. The summed E-state index contributed by atoms with van der Waals surface area (Å²) in [4.78, 5) is 24.0. The van der Waals surface area contributed by atoms with Crippen LogP contribution in [0.5, 0.6) is 0 Å². The summed E-state index contributed by atoms with van der Waals surface area (Å²) >= 11 is 0. The third-order valence-electron chi connectivity index (χ3n) is 4.03. The lowest BCUT2D eigenvalue weighted by Crippen LogP contribution is -2.15. The summed E-state index contributed by atoms with van der Waals surface area (Å²) in [6.45, 7) is 0. The van der Waals surface area contributed by atoms with E-state index in [1.807, 2.05) is 18.2 Å². The third kappa shape index (κ3) is 2.26. The van der Waals surface area contributed by atoms with Crippen molar-refractivity contribution in [2.24, 2.45) is 0 Å². The second-order valence-corrected chi connectivity index (χ2v) is 5.20. The van der Waals surface area contributed by atoms with E-state index < -0.39 is 11.9 Å². The van der Waals surface area contributed by atoms with Gasteiger partial charge in [0.25, 0.3) is 0 Å². The number of fused-ring (bicyclic) bond motifs is 3. The molecule has 0 atom stereocenters. The first-order valence-electron chi connectivity index (χ1n) is 7.07. The molecule has 112 valence electrons. The maximum atomic E-state index is 12.0. The molecule has 2 aromatic rings. The lowest BCUT2D eigenvalue weighted by molar-refractivity contribution is 0.0555. The van der Waals surface area contributed by atoms with Crippen molar-refractivity contribution in [3.8, 4) is 11.1 Å². The van der Waals surface area contributed by atoms with Gasteiger partial charge in [0.2, 0.25) is 0 Å². The van der Waals surface area contributed by atoms with Crippen molar-refractivity contribution < 1.29 is 19.1 Å². The van der Waals surface area contributed by atoms with Gasteiger partial charge in [0, 0.05) is 0 Å². The topological polar surface area (TPSA) is 52.6 Å². The van der Waals surface area contributed by atoms with Crippen molar-refractivity contribution in [3.63, 3.8) is 0 Å². The molecule has 0 unspecified atom stereocenters. The molecule has 0 spiro atoms. The van der Waals surface area contributed by atoms with E-state index in [2.05, 4.69) is 6.07 Å². The number of rotatable bonds is 2. The Labute approximate surface area is 128 Å². The molecule has 0 heterocycles. The number of carbonyl (C=O) groups excluding carboxylic acids is 2. The Morgan fingerprint density at radius 3 is 2.09 bits per heavy atom. The molecule has 2 aromatic carbocycles. The Hall–Kier alpha value is -2.62. The highest BCUT2D eigenvalue weighted by atomic mass is 16.5. The number of benzene rings is 2. The van der Waals surface area contributed by atoms with Crippen molar-refractivity contribution in [2.75, 3.05) is 14.2 Å². The Bertz CT molecular complexity index is 762. The number of carbonyl (C=O) groups is 2. The van der Waals surface area contributed by atoms with Crippen LogP contribution in [0.4, 0.5) is 0 Å². The van der Waals surface area contributed by atoms with Crippen LogP contribution in [0.25, 0.3) is 11.1 Å². The standard InChI is InChI=1S/C18H16O4/c1-21-17(19)15-9-12-8-7-11-5-3-4-6-13(11)14(12)10-16(15)18(20)22-2/h3-6,9-10H,7-8H2,1-2H3. The van der Waals surface area contributed by atoms with Crippen LogP contribution in [0.15, 0.2) is 36.4 Å². The average molecular weight is 296 g/mol. The maximum absolute atomic E-state index is 12.0. The predicted octanol–water partition coefficient (Wildman–Crippen LogP) is 3.03. The molecule has 1 aliphatic carbocycles. The van der Waals surface area contributed by atoms with Crippen molar-refractivity contribution in [2.45, 2.75) is 12.8 Å². The van der Waals surface area contributed by atoms with E-state index in [0.29, 0.717) is 0 Å². The lowest BCUT2D eigenvalue weighted by atomic mass is 9.83. The highest BCUT2D eigenvalue weighted by Crippen LogP contribution is 2.35. The Morgan fingerprint density at radius 1 is 0.818 bits per heavy atom. The molecule has 0 fully saturated rings. The first-order valence-corrected chi connectivity index (χ1v) is 7.07. The molecule has 0 aromatic heterocycles. The maximum Gasteiger partial charge on any atom is 0.338 e. The van der Waals surface area contributed by atoms with Crippen LogP contribution in [-0.2, 0) is 22.3 Å². The van der Waals surface area contributed by atoms with Gasteiger partial charge in [-0.1, -0.05) is 24.3 Å². The van der Waals surface area contributed by atoms with Crippen LogP contribution in [0.2, 0.25) is 0 Å². The zero-order valence-corrected chi connectivity index (χ0v) is 12.5. The van der Waals surface area contributed by atoms with E-state index in [0.717, 1.165) is 29.5 Å². The fourth-order valence-corrected chi connectivity index (χ4v) is 2.93. The first-order chi connectivity index (χ1) is 10.7. The summed E-state index contributed by atoms with van der Waals surface area (Å²) in [6.07, 6.45) is 1.75. The molecule has 0 saturated carbocycles. The quantitative estimate of drug-likeness (QED) is 0.799. The second-order valence-electron chi connectivity index (χ2n) is 5.20. The molecule has 22 heavy (non-hydrogen) atoms. The number of hydrogen-bond donors (Lipinski definition) is 0. The molecular formula is C18H16O4. The van der Waals surface area contributed by atoms with Crippen molar-refractivity contribution in [3.05, 3.63) is 58.7 Å². The van der Waals surface area contributed by atoms with E-state index in [1.54, 1.807) is 12.1 Å². The highest BCUT2D eigenvalue weighted by Gasteiger charge is 2.24. The fourth-order valence-electron chi connectivity index (χ4n) is 2.93. The van der Waals surface area contributed by atoms with Gasteiger partial charge < -0.3 is 9.47 Å². The van der Waals surface area contributed by atoms with Crippen molar-refractivity contribution in [1.29, 1.82) is 0 Å². The summed E-state index contributed by atoms with van der Waals surface area (Å²) in [7, 11) is 2.61. The molecule has 4 heteroatoms. The van der Waals surface area contributed by atoms with Crippen LogP contribution < -0.4 is 0 Å². The normalized spacial score (nSPS) is 12.1. The molecule has 3 rings (SSSR count). The first kappa shape index (κ1) is 14.3. The van der Waals surface area contributed by atoms with Crippen molar-refractivity contribution in [1.82, 2.24) is 0 Å². The van der Waals surface area contributed by atoms with Crippen molar-refractivity contribution >= 4 is 11.9 Å². The number of esters is 2. The van der Waals surface area contributed by atoms with Crippen LogP contribution in [0.1, 0.15) is 31.8 Å². The van der Waals surface area contributed by atoms with Gasteiger partial charge in [-0.2, -0.15) is 0 Å². The minimum Gasteiger partial charge on any atom is -0.465 e. The van der Waals surface area contributed by atoms with E-state index in [1.165, 1.54) is 19.8 Å². The highest BCUT2D eigenvalue weighted by molar-refractivity contribution is 6.04. The predicted molar refractivity (Wildman–Crippen MR) is 82.0 cm³/mol. The molecule has 0 saturated heterocycles. The van der Waals surface area contributed by atoms with Gasteiger partial charge in [-0.15, -0.1) is 0 Å². The molecule has 1 aliphatic rings. The minimum absolute atomic E-state index is 0.241. The van der Waals surface area contributed by atoms with Gasteiger partial charge in [-0.3, -0.25) is 0 Å². The Balaban J connectivity index is 2.23. The molecule has 0 N–H and O–H groups in total. The molecule has 0 amide bonds. The SMILES string of the molecule is COC(=O)c1cc2c(cc1C(=O)OC)-c1ccccc1CC2. The van der Waals surface area contributed by atoms with Gasteiger partial charge >= 0.3 is 11.9 Å². The molecular weight excluding hydrogens is 280 g/mol. The average Bonchev–Trinajstić information content (AvgIpc) is 2.59. The van der Waals surface area contributed by atoms with E-state index in [-0.39, 0.29) is 11.1 Å². The van der Waals surface area contributed by atoms with Crippen LogP contribution >= 0.6 is 0 Å². The van der Waals surface area contributed by atoms with Gasteiger partial charge in [0.15, 0.2) is 0 Å². The Kier molecular flexibility index (Phi) is 3.67. The van der Waals surface area contributed by atoms with Gasteiger partial charge in [-0.25, -0.2) is 9.59 Å². The number of aryl methyl sites for hydroxylation is 2. The molecule has 0 aliphatic heterocycles. The second kappa shape index (κ2) is 5.64. The third-order valence-corrected chi connectivity index (χ3v) is 4.03. The Morgan fingerprint density at radius 2 is 1.41 bits per heavy atom. The minimum atomic E-state index is -0.536. The summed E-state index contributed by atoms with van der Waals surface area (Å²) in [5.74, 6) is -1.06. The number of methoxy groups -OCH3 is 2. The van der Waals surface area contributed by atoms with Gasteiger partial charge in [-0.05, 0) is 47.2 Å². The summed E-state index contributed by atoms with van der Waals surface area (Å²) < 4.78 is 9.59. The molecule has 4 nitrogen and oxygen atoms in total. The number of ether oxygens (including phenoxy) is 2. The summed E-state index contributed by atoms with van der Waals surface area (Å²) in [6, 6.07) is 11.6. The largest absolute Gasteiger partial charge is 0.465 e. The van der Waals surface area contributed by atoms with Gasteiger partial charge in [0.05, 0.1) is 25.3 Å². The summed E-state index contributed by atoms with van der Waals surface area (Å²) in [5, 5.41) is 0. The van der Waals surface area contributed by atoms with E-state index in [4.69, 9.17) is 9.47 Å². The van der Waals surface area contributed by atoms with E-state index in [9.17, 15) is 9.59 Å². The van der Waals surface area contributed by atoms with Crippen LogP contribution in [0.3, 0.4) is 0 Å². The molecule has 0 bridgehead atoms. The van der Waals surface area contributed by atoms with Gasteiger partial charge in [0.1, 0.15) is 0 Å². The fraction of sp³-hybridized carbons (Fsp3) is 0.222. The monoisotopic (exact) mass is 296 g/mol. The van der Waals surface area contributed by atoms with Crippen LogP contribution in [0, 0.1) is 0 Å². The lowest BCUT2D eigenvalue weighted by Gasteiger charge is -2.21. The zero-order chi connectivity index (χ0) is 15.7.